The number of ether oxygens (including phenoxy) is 1. The van der Waals surface area contributed by atoms with Crippen LogP contribution in [0.5, 0.6) is 5.75 Å². The molecular weight excluding hydrogens is 356 g/mol. The van der Waals surface area contributed by atoms with Crippen molar-refractivity contribution in [2.75, 3.05) is 38.6 Å². The van der Waals surface area contributed by atoms with E-state index in [9.17, 15) is 4.79 Å². The minimum absolute atomic E-state index is 0.0597. The summed E-state index contributed by atoms with van der Waals surface area (Å²) < 4.78 is 11.0. The van der Waals surface area contributed by atoms with E-state index in [1.807, 2.05) is 53.4 Å². The number of amides is 1. The van der Waals surface area contributed by atoms with Crippen molar-refractivity contribution >= 4 is 17.6 Å². The molecule has 1 aliphatic rings. The highest BCUT2D eigenvalue weighted by Crippen LogP contribution is 2.27. The number of carbonyl (C=O) groups is 1. The van der Waals surface area contributed by atoms with E-state index < -0.39 is 0 Å². The maximum Gasteiger partial charge on any atom is 0.299 e. The standard InChI is InChI=1S/C21H22N4O3/c1-27-18-4-2-3-16(13-18)19-14-23-21(28-19)24-17-7-5-15(6-8-17)20(26)25-11-9-22-10-12-25/h2-8,13-14,22H,9-12H2,1H3,(H,23,24). The summed E-state index contributed by atoms with van der Waals surface area (Å²) in [6.45, 7) is 3.15. The fraction of sp³-hybridized carbons (Fsp3) is 0.238. The Balaban J connectivity index is 1.43. The zero-order valence-electron chi connectivity index (χ0n) is 15.6. The molecule has 1 saturated heterocycles. The van der Waals surface area contributed by atoms with Gasteiger partial charge in [-0.15, -0.1) is 0 Å². The van der Waals surface area contributed by atoms with Gasteiger partial charge in [0.2, 0.25) is 0 Å². The van der Waals surface area contributed by atoms with Crippen LogP contribution in [0.1, 0.15) is 10.4 Å². The summed E-state index contributed by atoms with van der Waals surface area (Å²) in [6, 6.07) is 15.3. The number of hydrogen-bond acceptors (Lipinski definition) is 6. The number of anilines is 2. The molecule has 0 spiro atoms. The topological polar surface area (TPSA) is 79.6 Å². The molecule has 7 nitrogen and oxygen atoms in total. The molecule has 2 aromatic carbocycles. The van der Waals surface area contributed by atoms with Gasteiger partial charge in [-0.25, -0.2) is 4.98 Å². The Bertz CT molecular complexity index is 946. The first-order valence-electron chi connectivity index (χ1n) is 9.20. The van der Waals surface area contributed by atoms with Crippen LogP contribution >= 0.6 is 0 Å². The molecule has 1 amide bonds. The molecule has 0 aliphatic carbocycles. The summed E-state index contributed by atoms with van der Waals surface area (Å²) >= 11 is 0. The maximum absolute atomic E-state index is 12.5. The molecule has 0 saturated carbocycles. The predicted octanol–water partition coefficient (Wildman–Crippen LogP) is 3.14. The van der Waals surface area contributed by atoms with Crippen LogP contribution < -0.4 is 15.4 Å². The Labute approximate surface area is 163 Å². The first kappa shape index (κ1) is 18.1. The van der Waals surface area contributed by atoms with Gasteiger partial charge in [-0.2, -0.15) is 0 Å². The van der Waals surface area contributed by atoms with Gasteiger partial charge in [0, 0.05) is 43.0 Å². The van der Waals surface area contributed by atoms with E-state index in [-0.39, 0.29) is 5.91 Å². The predicted molar refractivity (Wildman–Crippen MR) is 107 cm³/mol. The van der Waals surface area contributed by atoms with E-state index in [1.165, 1.54) is 0 Å². The lowest BCUT2D eigenvalue weighted by Gasteiger charge is -2.27. The zero-order chi connectivity index (χ0) is 19.3. The molecule has 2 N–H and O–H groups in total. The second-order valence-electron chi connectivity index (χ2n) is 6.51. The van der Waals surface area contributed by atoms with Crippen molar-refractivity contribution in [3.63, 3.8) is 0 Å². The number of oxazole rings is 1. The summed E-state index contributed by atoms with van der Waals surface area (Å²) in [7, 11) is 1.63. The number of hydrogen-bond donors (Lipinski definition) is 2. The lowest BCUT2D eigenvalue weighted by atomic mass is 10.1. The number of benzene rings is 2. The molecule has 0 bridgehead atoms. The Morgan fingerprint density at radius 1 is 1.18 bits per heavy atom. The van der Waals surface area contributed by atoms with Crippen LogP contribution in [0.4, 0.5) is 11.7 Å². The van der Waals surface area contributed by atoms with E-state index in [2.05, 4.69) is 15.6 Å². The minimum atomic E-state index is 0.0597. The van der Waals surface area contributed by atoms with Crippen LogP contribution in [-0.4, -0.2) is 49.1 Å². The average molecular weight is 378 g/mol. The third-order valence-corrected chi connectivity index (χ3v) is 4.65. The molecule has 0 atom stereocenters. The van der Waals surface area contributed by atoms with Gasteiger partial charge < -0.3 is 24.7 Å². The van der Waals surface area contributed by atoms with Crippen molar-refractivity contribution in [1.29, 1.82) is 0 Å². The van der Waals surface area contributed by atoms with Crippen LogP contribution in [0.15, 0.2) is 59.1 Å². The van der Waals surface area contributed by atoms with Crippen molar-refractivity contribution in [3.05, 3.63) is 60.3 Å². The summed E-state index contributed by atoms with van der Waals surface area (Å²) in [5.41, 5.74) is 2.37. The molecule has 0 radical (unpaired) electrons. The quantitative estimate of drug-likeness (QED) is 0.710. The van der Waals surface area contributed by atoms with Crippen molar-refractivity contribution in [1.82, 2.24) is 15.2 Å². The van der Waals surface area contributed by atoms with Crippen LogP contribution in [-0.2, 0) is 0 Å². The van der Waals surface area contributed by atoms with E-state index in [0.717, 1.165) is 43.2 Å². The van der Waals surface area contributed by atoms with E-state index >= 15 is 0 Å². The van der Waals surface area contributed by atoms with Gasteiger partial charge >= 0.3 is 0 Å². The lowest BCUT2D eigenvalue weighted by molar-refractivity contribution is 0.0736. The second-order valence-corrected chi connectivity index (χ2v) is 6.51. The summed E-state index contributed by atoms with van der Waals surface area (Å²) in [4.78, 5) is 18.7. The van der Waals surface area contributed by atoms with Crippen LogP contribution in [0.25, 0.3) is 11.3 Å². The van der Waals surface area contributed by atoms with Gasteiger partial charge in [0.1, 0.15) is 5.75 Å². The highest BCUT2D eigenvalue weighted by molar-refractivity contribution is 5.94. The van der Waals surface area contributed by atoms with Gasteiger partial charge in [0.15, 0.2) is 5.76 Å². The number of methoxy groups -OCH3 is 1. The molecule has 0 unspecified atom stereocenters. The lowest BCUT2D eigenvalue weighted by Crippen LogP contribution is -2.46. The average Bonchev–Trinajstić information content (AvgIpc) is 3.23. The van der Waals surface area contributed by atoms with Crippen molar-refractivity contribution in [2.24, 2.45) is 0 Å². The Kier molecular flexibility index (Phi) is 5.25. The Morgan fingerprint density at radius 3 is 2.71 bits per heavy atom. The molecule has 144 valence electrons. The number of piperazine rings is 1. The third-order valence-electron chi connectivity index (χ3n) is 4.65. The highest BCUT2D eigenvalue weighted by atomic mass is 16.5. The van der Waals surface area contributed by atoms with E-state index in [4.69, 9.17) is 9.15 Å². The van der Waals surface area contributed by atoms with E-state index in [0.29, 0.717) is 17.3 Å². The number of nitrogens with zero attached hydrogens (tertiary/aromatic N) is 2. The minimum Gasteiger partial charge on any atom is -0.497 e. The van der Waals surface area contributed by atoms with Crippen molar-refractivity contribution in [3.8, 4) is 17.1 Å². The molecule has 4 rings (SSSR count). The van der Waals surface area contributed by atoms with Crippen molar-refractivity contribution < 1.29 is 13.9 Å². The molecule has 7 heteroatoms. The third kappa shape index (κ3) is 3.99. The molecule has 28 heavy (non-hydrogen) atoms. The highest BCUT2D eigenvalue weighted by Gasteiger charge is 2.17. The summed E-state index contributed by atoms with van der Waals surface area (Å²) in [6.07, 6.45) is 1.67. The van der Waals surface area contributed by atoms with Gasteiger partial charge in [0.25, 0.3) is 11.9 Å². The number of rotatable bonds is 5. The summed E-state index contributed by atoms with van der Waals surface area (Å²) in [5.74, 6) is 1.46. The molecule has 3 aromatic rings. The monoisotopic (exact) mass is 378 g/mol. The largest absolute Gasteiger partial charge is 0.497 e. The van der Waals surface area contributed by atoms with Gasteiger partial charge in [0.05, 0.1) is 13.3 Å². The molecular formula is C21H22N4O3. The molecule has 1 fully saturated rings. The molecule has 1 aliphatic heterocycles. The Hall–Kier alpha value is -3.32. The van der Waals surface area contributed by atoms with Crippen LogP contribution in [0.2, 0.25) is 0 Å². The van der Waals surface area contributed by atoms with Crippen LogP contribution in [0, 0.1) is 0 Å². The number of carbonyl (C=O) groups excluding carboxylic acids is 1. The molecule has 2 heterocycles. The fourth-order valence-corrected chi connectivity index (χ4v) is 3.11. The van der Waals surface area contributed by atoms with Gasteiger partial charge in [-0.1, -0.05) is 12.1 Å². The Morgan fingerprint density at radius 2 is 1.96 bits per heavy atom. The number of nitrogens with one attached hydrogen (secondary N) is 2. The molecule has 1 aromatic heterocycles. The zero-order valence-corrected chi connectivity index (χ0v) is 15.6. The second kappa shape index (κ2) is 8.14. The van der Waals surface area contributed by atoms with Gasteiger partial charge in [-0.3, -0.25) is 4.79 Å². The smallest absolute Gasteiger partial charge is 0.299 e. The normalized spacial score (nSPS) is 14.0. The first-order valence-corrected chi connectivity index (χ1v) is 9.20. The summed E-state index contributed by atoms with van der Waals surface area (Å²) in [5, 5.41) is 6.37. The maximum atomic E-state index is 12.5. The fourth-order valence-electron chi connectivity index (χ4n) is 3.11. The van der Waals surface area contributed by atoms with Crippen LogP contribution in [0.3, 0.4) is 0 Å². The van der Waals surface area contributed by atoms with Crippen molar-refractivity contribution in [2.45, 2.75) is 0 Å². The first-order chi connectivity index (χ1) is 13.7. The SMILES string of the molecule is COc1cccc(-c2cnc(Nc3ccc(C(=O)N4CCNCC4)cc3)o2)c1. The van der Waals surface area contributed by atoms with Gasteiger partial charge in [-0.05, 0) is 36.4 Å². The van der Waals surface area contributed by atoms with E-state index in [1.54, 1.807) is 13.3 Å². The number of aromatic nitrogens is 1.